The summed E-state index contributed by atoms with van der Waals surface area (Å²) in [4.78, 5) is 22.6. The first kappa shape index (κ1) is 12.0. The first-order valence-corrected chi connectivity index (χ1v) is 5.70. The Balaban J connectivity index is 2.38. The summed E-state index contributed by atoms with van der Waals surface area (Å²) in [6.45, 7) is 2.75. The molecule has 0 aliphatic heterocycles. The smallest absolute Gasteiger partial charge is 0.221 e. The highest BCUT2D eigenvalue weighted by Crippen LogP contribution is 2.35. The van der Waals surface area contributed by atoms with E-state index in [-0.39, 0.29) is 11.8 Å². The Bertz CT molecular complexity index is 716. The Labute approximate surface area is 111 Å². The summed E-state index contributed by atoms with van der Waals surface area (Å²) in [5.74, 6) is -0.539. The number of fused-ring (bicyclic) bond motifs is 2. The van der Waals surface area contributed by atoms with Gasteiger partial charge in [0.2, 0.25) is 11.8 Å². The van der Waals surface area contributed by atoms with E-state index in [9.17, 15) is 9.59 Å². The molecule has 10 heteroatoms. The number of nitrogens with one attached hydrogen (secondary N) is 4. The van der Waals surface area contributed by atoms with Crippen molar-refractivity contribution in [3.63, 3.8) is 0 Å². The van der Waals surface area contributed by atoms with Crippen LogP contribution >= 0.6 is 0 Å². The van der Waals surface area contributed by atoms with Crippen molar-refractivity contribution in [3.8, 4) is 0 Å². The lowest BCUT2D eigenvalue weighted by Gasteiger charge is -2.08. The van der Waals surface area contributed by atoms with Crippen molar-refractivity contribution < 1.29 is 9.59 Å². The number of carbonyl (C=O) groups is 2. The Morgan fingerprint density at radius 1 is 0.950 bits per heavy atom. The first-order chi connectivity index (χ1) is 9.58. The third kappa shape index (κ3) is 1.74. The van der Waals surface area contributed by atoms with E-state index in [2.05, 4.69) is 41.5 Å². The third-order valence-electron chi connectivity index (χ3n) is 2.66. The zero-order chi connectivity index (χ0) is 14.3. The monoisotopic (exact) mass is 274 g/mol. The van der Waals surface area contributed by atoms with Crippen molar-refractivity contribution in [1.29, 1.82) is 0 Å². The predicted octanol–water partition coefficient (Wildman–Crippen LogP) is 0.146. The van der Waals surface area contributed by atoms with Gasteiger partial charge in [-0.05, 0) is 5.21 Å². The van der Waals surface area contributed by atoms with E-state index in [1.165, 1.54) is 13.8 Å². The molecule has 0 saturated carbocycles. The number of carbonyl (C=O) groups excluding carboxylic acids is 2. The maximum absolute atomic E-state index is 11.3. The lowest BCUT2D eigenvalue weighted by atomic mass is 10.2. The Hall–Kier alpha value is -3.04. The molecule has 0 atom stereocenters. The van der Waals surface area contributed by atoms with E-state index in [0.29, 0.717) is 33.4 Å². The van der Waals surface area contributed by atoms with Crippen LogP contribution in [0.3, 0.4) is 0 Å². The number of hydrogen-bond acceptors (Lipinski definition) is 6. The van der Waals surface area contributed by atoms with Crippen LogP contribution in [0.2, 0.25) is 0 Å². The molecule has 0 bridgehead atoms. The van der Waals surface area contributed by atoms with Gasteiger partial charge in [-0.3, -0.25) is 14.7 Å². The molecule has 20 heavy (non-hydrogen) atoms. The van der Waals surface area contributed by atoms with Gasteiger partial charge in [-0.15, -0.1) is 10.2 Å². The average Bonchev–Trinajstić information content (AvgIpc) is 3.01. The van der Waals surface area contributed by atoms with Gasteiger partial charge < -0.3 is 10.6 Å². The van der Waals surface area contributed by atoms with Crippen molar-refractivity contribution in [1.82, 2.24) is 30.8 Å². The summed E-state index contributed by atoms with van der Waals surface area (Å²) in [5, 5.41) is 26.0. The van der Waals surface area contributed by atoms with Gasteiger partial charge in [0, 0.05) is 13.8 Å². The van der Waals surface area contributed by atoms with Crippen LogP contribution in [0.1, 0.15) is 13.8 Å². The predicted molar refractivity (Wildman–Crippen MR) is 69.9 cm³/mol. The maximum Gasteiger partial charge on any atom is 0.221 e. The van der Waals surface area contributed by atoms with Crippen molar-refractivity contribution in [2.75, 3.05) is 10.6 Å². The minimum Gasteiger partial charge on any atom is -0.323 e. The summed E-state index contributed by atoms with van der Waals surface area (Å²) in [5.41, 5.74) is 2.46. The molecule has 102 valence electrons. The molecule has 2 aromatic heterocycles. The number of anilines is 2. The molecule has 0 radical (unpaired) electrons. The number of amides is 2. The van der Waals surface area contributed by atoms with Crippen LogP contribution < -0.4 is 10.6 Å². The fourth-order valence-corrected chi connectivity index (χ4v) is 1.98. The highest BCUT2D eigenvalue weighted by molar-refractivity contribution is 6.19. The van der Waals surface area contributed by atoms with Crippen LogP contribution in [0.25, 0.3) is 22.1 Å². The number of aromatic amines is 2. The van der Waals surface area contributed by atoms with Gasteiger partial charge in [0.1, 0.15) is 27.8 Å². The minimum absolute atomic E-state index is 0.266. The molecule has 0 aliphatic rings. The van der Waals surface area contributed by atoms with Gasteiger partial charge in [0.05, 0.1) is 5.69 Å². The van der Waals surface area contributed by atoms with Crippen molar-refractivity contribution in [2.24, 2.45) is 0 Å². The van der Waals surface area contributed by atoms with Crippen molar-refractivity contribution in [3.05, 3.63) is 0 Å². The standard InChI is InChI=1S/C10H10N8O2/c1-3(19)11-5-7-9(15-17-13-7)6(12-4(2)20)10-8(5)14-18-16-10/h13,17H,1-2H3,(H,11,19)(H,12,20). The van der Waals surface area contributed by atoms with E-state index in [1.54, 1.807) is 0 Å². The molecule has 0 unspecified atom stereocenters. The Morgan fingerprint density at radius 2 is 1.55 bits per heavy atom. The largest absolute Gasteiger partial charge is 0.323 e. The number of rotatable bonds is 2. The van der Waals surface area contributed by atoms with Gasteiger partial charge in [0.15, 0.2) is 0 Å². The molecule has 10 nitrogen and oxygen atoms in total. The van der Waals surface area contributed by atoms with E-state index >= 15 is 0 Å². The Kier molecular flexibility index (Phi) is 2.56. The first-order valence-electron chi connectivity index (χ1n) is 5.70. The SMILES string of the molecule is CC(=O)Nc1c2nnnc2c(NC(C)=O)c2[nH][nH]nc12. The number of hydrogen-bond donors (Lipinski definition) is 4. The second kappa shape index (κ2) is 4.26. The molecule has 0 saturated heterocycles. The van der Waals surface area contributed by atoms with Crippen molar-refractivity contribution >= 4 is 45.3 Å². The molecule has 4 N–H and O–H groups in total. The maximum atomic E-state index is 11.3. The van der Waals surface area contributed by atoms with Crippen LogP contribution in [-0.4, -0.2) is 42.6 Å². The average molecular weight is 274 g/mol. The lowest BCUT2D eigenvalue weighted by molar-refractivity contribution is -0.115. The van der Waals surface area contributed by atoms with E-state index in [4.69, 9.17) is 0 Å². The molecular weight excluding hydrogens is 264 g/mol. The van der Waals surface area contributed by atoms with Gasteiger partial charge in [-0.25, -0.2) is 5.21 Å². The second-order valence-electron chi connectivity index (χ2n) is 4.17. The topological polar surface area (TPSA) is 141 Å². The molecule has 0 fully saturated rings. The number of benzene rings is 1. The molecule has 1 aromatic carbocycles. The Morgan fingerprint density at radius 3 is 2.20 bits per heavy atom. The van der Waals surface area contributed by atoms with Gasteiger partial charge >= 0.3 is 0 Å². The second-order valence-corrected chi connectivity index (χ2v) is 4.17. The third-order valence-corrected chi connectivity index (χ3v) is 2.66. The van der Waals surface area contributed by atoms with E-state index < -0.39 is 0 Å². The zero-order valence-electron chi connectivity index (χ0n) is 10.6. The molecule has 2 heterocycles. The molecular formula is C10H10N8O2. The van der Waals surface area contributed by atoms with E-state index in [0.717, 1.165) is 0 Å². The zero-order valence-corrected chi connectivity index (χ0v) is 10.6. The quantitative estimate of drug-likeness (QED) is 0.490. The van der Waals surface area contributed by atoms with Gasteiger partial charge in [-0.2, -0.15) is 5.10 Å². The number of nitrogens with zero attached hydrogens (tertiary/aromatic N) is 4. The van der Waals surface area contributed by atoms with Crippen LogP contribution in [0.5, 0.6) is 0 Å². The fourth-order valence-electron chi connectivity index (χ4n) is 1.98. The van der Waals surface area contributed by atoms with Crippen LogP contribution in [-0.2, 0) is 9.59 Å². The molecule has 0 aliphatic carbocycles. The molecule has 3 rings (SSSR count). The molecule has 2 amide bonds. The summed E-state index contributed by atoms with van der Waals surface area (Å²) in [7, 11) is 0. The van der Waals surface area contributed by atoms with E-state index in [1.807, 2.05) is 0 Å². The van der Waals surface area contributed by atoms with Crippen LogP contribution in [0.4, 0.5) is 11.4 Å². The number of aromatic nitrogens is 6. The molecule has 0 spiro atoms. The minimum atomic E-state index is -0.272. The normalized spacial score (nSPS) is 10.9. The molecule has 3 aromatic rings. The van der Waals surface area contributed by atoms with Crippen LogP contribution in [0, 0.1) is 0 Å². The van der Waals surface area contributed by atoms with Gasteiger partial charge in [0.25, 0.3) is 0 Å². The highest BCUT2D eigenvalue weighted by Gasteiger charge is 2.21. The summed E-state index contributed by atoms with van der Waals surface area (Å²) >= 11 is 0. The van der Waals surface area contributed by atoms with Crippen LogP contribution in [0.15, 0.2) is 0 Å². The summed E-state index contributed by atoms with van der Waals surface area (Å²) in [6.07, 6.45) is 0. The highest BCUT2D eigenvalue weighted by atomic mass is 16.2. The summed E-state index contributed by atoms with van der Waals surface area (Å²) in [6, 6.07) is 0. The summed E-state index contributed by atoms with van der Waals surface area (Å²) < 4.78 is 0. The lowest BCUT2D eigenvalue weighted by Crippen LogP contribution is -2.10. The fraction of sp³-hybridized carbons (Fsp3) is 0.200. The van der Waals surface area contributed by atoms with Crippen molar-refractivity contribution in [2.45, 2.75) is 13.8 Å². The number of H-pyrrole nitrogens is 2. The van der Waals surface area contributed by atoms with Gasteiger partial charge in [-0.1, -0.05) is 0 Å².